The van der Waals surface area contributed by atoms with E-state index in [0.717, 1.165) is 34.0 Å². The molecule has 0 N–H and O–H groups in total. The molecular weight excluding hydrogens is 761 g/mol. The van der Waals surface area contributed by atoms with Crippen LogP contribution in [0.5, 0.6) is 11.5 Å². The number of benzene rings is 7. The Hall–Kier alpha value is -6.89. The lowest BCUT2D eigenvalue weighted by Gasteiger charge is -2.28. The van der Waals surface area contributed by atoms with Gasteiger partial charge in [-0.2, -0.15) is 0 Å². The highest BCUT2D eigenvalue weighted by atomic mass is 28.3. The van der Waals surface area contributed by atoms with Crippen molar-refractivity contribution in [3.63, 3.8) is 0 Å². The first-order valence-electron chi connectivity index (χ1n) is 21.3. The molecule has 5 nitrogen and oxygen atoms in total. The molecule has 0 saturated carbocycles. The lowest BCUT2D eigenvalue weighted by atomic mass is 9.88. The molecule has 6 heteroatoms. The molecule has 4 heterocycles. The molecule has 0 unspecified atom stereocenters. The Kier molecular flexibility index (Phi) is 8.42. The molecule has 0 spiro atoms. The molecule has 0 aliphatic carbocycles. The number of anilines is 4. The lowest BCUT2D eigenvalue weighted by molar-refractivity contribution is 0.483. The first kappa shape index (κ1) is 37.1. The van der Waals surface area contributed by atoms with Crippen molar-refractivity contribution in [2.24, 2.45) is 0 Å². The van der Waals surface area contributed by atoms with Gasteiger partial charge in [0.1, 0.15) is 32.1 Å². The number of aryl methyl sites for hydroxylation is 1. The van der Waals surface area contributed by atoms with Crippen LogP contribution < -0.4 is 24.9 Å². The number of hydrogen-bond donors (Lipinski definition) is 0. The predicted octanol–water partition coefficient (Wildman–Crippen LogP) is 13.3. The fourth-order valence-electron chi connectivity index (χ4n) is 9.85. The number of pyridine rings is 1. The van der Waals surface area contributed by atoms with Gasteiger partial charge in [-0.15, -0.1) is 0 Å². The van der Waals surface area contributed by atoms with Crippen LogP contribution >= 0.6 is 0 Å². The minimum Gasteiger partial charge on any atom is -0.457 e. The molecule has 0 atom stereocenters. The number of rotatable bonds is 6. The lowest BCUT2D eigenvalue weighted by Crippen LogP contribution is -2.49. The zero-order valence-corrected chi connectivity index (χ0v) is 36.6. The SMILES string of the molecule is Cc1cccc(-c2ccc3c(c2N2CN(c4cccc(Oc5ccc6c7ccccc7n(-c7cc(C(C)(C)C)ccn7)c6c5)c4)c4ccccc42)-c2ccccc2[Si]3(C)C)c1. The van der Waals surface area contributed by atoms with Crippen LogP contribution in [0.1, 0.15) is 31.9 Å². The monoisotopic (exact) mass is 808 g/mol. The number of nitrogens with zero attached hydrogens (tertiary/aromatic N) is 4. The standard InChI is InChI=1S/C55H48N4OSi/c1-36-15-13-16-37(31-36)42-27-28-51-53(45-20-8-12-24-50(45)61(51,5)6)54(42)58-35-57(47-22-10-11-23-48(47)58)39-17-14-18-40(33-39)60-41-25-26-44-43-19-7-9-21-46(43)59(49(44)34-41)52-32-38(29-30-56-52)55(2,3)4/h7-34H,35H2,1-6H3. The first-order valence-corrected chi connectivity index (χ1v) is 24.3. The Morgan fingerprint density at radius 3 is 2.16 bits per heavy atom. The summed E-state index contributed by atoms with van der Waals surface area (Å²) in [6.07, 6.45) is 1.93. The number of ether oxygens (including phenoxy) is 1. The van der Waals surface area contributed by atoms with E-state index in [4.69, 9.17) is 9.72 Å². The van der Waals surface area contributed by atoms with Crippen LogP contribution in [-0.2, 0) is 5.41 Å². The van der Waals surface area contributed by atoms with Gasteiger partial charge >= 0.3 is 0 Å². The normalized spacial score (nSPS) is 14.1. The van der Waals surface area contributed by atoms with Crippen LogP contribution in [0.4, 0.5) is 22.7 Å². The molecule has 0 fully saturated rings. The molecule has 0 radical (unpaired) electrons. The van der Waals surface area contributed by atoms with Crippen LogP contribution in [0.2, 0.25) is 13.1 Å². The highest BCUT2D eigenvalue weighted by Gasteiger charge is 2.42. The third-order valence-corrected chi connectivity index (χ3v) is 16.5. The Bertz CT molecular complexity index is 3210. The van der Waals surface area contributed by atoms with Gasteiger partial charge in [0.2, 0.25) is 0 Å². The van der Waals surface area contributed by atoms with E-state index < -0.39 is 8.07 Å². The summed E-state index contributed by atoms with van der Waals surface area (Å²) >= 11 is 0. The maximum Gasteiger partial charge on any atom is 0.137 e. The molecule has 0 bridgehead atoms. The fraction of sp³-hybridized carbons (Fsp3) is 0.145. The smallest absolute Gasteiger partial charge is 0.137 e. The Balaban J connectivity index is 0.998. The average Bonchev–Trinajstić information content (AvgIpc) is 3.89. The molecule has 298 valence electrons. The van der Waals surface area contributed by atoms with Crippen LogP contribution in [0.3, 0.4) is 0 Å². The van der Waals surface area contributed by atoms with Crippen LogP contribution in [0.25, 0.3) is 49.9 Å². The summed E-state index contributed by atoms with van der Waals surface area (Å²) in [5.41, 5.74) is 14.7. The van der Waals surface area contributed by atoms with Crippen molar-refractivity contribution in [3.8, 4) is 39.6 Å². The second-order valence-electron chi connectivity index (χ2n) is 18.2. The van der Waals surface area contributed by atoms with Crippen molar-refractivity contribution in [1.82, 2.24) is 9.55 Å². The zero-order valence-electron chi connectivity index (χ0n) is 35.6. The van der Waals surface area contributed by atoms with Crippen molar-refractivity contribution < 1.29 is 4.74 Å². The van der Waals surface area contributed by atoms with Crippen molar-refractivity contribution in [2.75, 3.05) is 16.5 Å². The molecule has 0 saturated heterocycles. The summed E-state index contributed by atoms with van der Waals surface area (Å²) in [6.45, 7) is 14.6. The second kappa shape index (κ2) is 13.8. The Labute approximate surface area is 359 Å². The van der Waals surface area contributed by atoms with E-state index >= 15 is 0 Å². The molecule has 9 aromatic rings. The Morgan fingerprint density at radius 1 is 0.590 bits per heavy atom. The molecule has 11 rings (SSSR count). The highest BCUT2D eigenvalue weighted by Crippen LogP contribution is 2.51. The van der Waals surface area contributed by atoms with Crippen LogP contribution in [-0.4, -0.2) is 24.3 Å². The predicted molar refractivity (Wildman–Crippen MR) is 258 cm³/mol. The maximum absolute atomic E-state index is 6.79. The summed E-state index contributed by atoms with van der Waals surface area (Å²) in [6, 6.07) is 59.6. The Morgan fingerprint density at radius 2 is 1.33 bits per heavy atom. The van der Waals surface area contributed by atoms with Crippen molar-refractivity contribution >= 4 is 63.0 Å². The van der Waals surface area contributed by atoms with Crippen molar-refractivity contribution in [3.05, 3.63) is 181 Å². The summed E-state index contributed by atoms with van der Waals surface area (Å²) in [7, 11) is -1.94. The molecule has 0 amide bonds. The molecule has 7 aromatic carbocycles. The van der Waals surface area contributed by atoms with E-state index in [-0.39, 0.29) is 5.41 Å². The van der Waals surface area contributed by atoms with E-state index in [2.05, 4.69) is 219 Å². The van der Waals surface area contributed by atoms with Gasteiger partial charge in [0.05, 0.1) is 28.1 Å². The minimum atomic E-state index is -1.94. The van der Waals surface area contributed by atoms with Gasteiger partial charge in [-0.25, -0.2) is 4.98 Å². The molecule has 2 aliphatic heterocycles. The van der Waals surface area contributed by atoms with Gasteiger partial charge in [0.15, 0.2) is 0 Å². The van der Waals surface area contributed by atoms with E-state index in [0.29, 0.717) is 6.67 Å². The van der Waals surface area contributed by atoms with Gasteiger partial charge in [-0.05, 0) is 94.0 Å². The average molecular weight is 809 g/mol. The summed E-state index contributed by atoms with van der Waals surface area (Å²) < 4.78 is 9.06. The summed E-state index contributed by atoms with van der Waals surface area (Å²) in [5, 5.41) is 5.37. The first-order chi connectivity index (χ1) is 29.5. The third-order valence-electron chi connectivity index (χ3n) is 12.9. The molecule has 2 aromatic heterocycles. The molecule has 61 heavy (non-hydrogen) atoms. The topological polar surface area (TPSA) is 33.5 Å². The van der Waals surface area contributed by atoms with Crippen LogP contribution in [0.15, 0.2) is 170 Å². The quantitative estimate of drug-likeness (QED) is 0.157. The maximum atomic E-state index is 6.79. The van der Waals surface area contributed by atoms with E-state index in [1.807, 2.05) is 6.20 Å². The number of hydrogen-bond acceptors (Lipinski definition) is 4. The molecular formula is C55H48N4OSi. The summed E-state index contributed by atoms with van der Waals surface area (Å²) in [5.74, 6) is 2.46. The van der Waals surface area contributed by atoms with Gasteiger partial charge in [0, 0.05) is 45.9 Å². The van der Waals surface area contributed by atoms with Gasteiger partial charge in [-0.1, -0.05) is 136 Å². The number of para-hydroxylation sites is 3. The largest absolute Gasteiger partial charge is 0.457 e. The molecule has 2 aliphatic rings. The zero-order chi connectivity index (χ0) is 41.6. The minimum absolute atomic E-state index is 0.00302. The second-order valence-corrected chi connectivity index (χ2v) is 22.5. The van der Waals surface area contributed by atoms with E-state index in [1.54, 1.807) is 0 Å². The summed E-state index contributed by atoms with van der Waals surface area (Å²) in [4.78, 5) is 9.88. The third kappa shape index (κ3) is 6.00. The highest BCUT2D eigenvalue weighted by molar-refractivity contribution is 7.04. The van der Waals surface area contributed by atoms with Gasteiger partial charge in [-0.3, -0.25) is 4.57 Å². The van der Waals surface area contributed by atoms with Gasteiger partial charge in [0.25, 0.3) is 0 Å². The fourth-order valence-corrected chi connectivity index (χ4v) is 12.9. The van der Waals surface area contributed by atoms with E-state index in [9.17, 15) is 0 Å². The van der Waals surface area contributed by atoms with E-state index in [1.165, 1.54) is 71.6 Å². The van der Waals surface area contributed by atoms with Crippen molar-refractivity contribution in [2.45, 2.75) is 46.2 Å². The number of aromatic nitrogens is 2. The van der Waals surface area contributed by atoms with Crippen LogP contribution in [0, 0.1) is 6.92 Å². The van der Waals surface area contributed by atoms with Crippen molar-refractivity contribution in [1.29, 1.82) is 0 Å². The number of fused-ring (bicyclic) bond motifs is 7. The van der Waals surface area contributed by atoms with Gasteiger partial charge < -0.3 is 14.5 Å².